The van der Waals surface area contributed by atoms with Crippen LogP contribution in [0.2, 0.25) is 0 Å². The molecule has 5 heteroatoms. The van der Waals surface area contributed by atoms with Crippen LogP contribution >= 0.6 is 11.6 Å². The Kier molecular flexibility index (Phi) is 6.94. The van der Waals surface area contributed by atoms with Crippen LogP contribution < -0.4 is 10.9 Å². The highest BCUT2D eigenvalue weighted by Crippen LogP contribution is 2.29. The molecule has 3 rings (SSSR count). The Morgan fingerprint density at radius 1 is 1.28 bits per heavy atom. The van der Waals surface area contributed by atoms with Gasteiger partial charge in [-0.15, -0.1) is 0 Å². The minimum absolute atomic E-state index is 0.0705. The number of benzene rings is 1. The maximum absolute atomic E-state index is 13.2. The largest absolute Gasteiger partial charge is 0.372 e. The van der Waals surface area contributed by atoms with Crippen molar-refractivity contribution in [3.8, 4) is 0 Å². The van der Waals surface area contributed by atoms with Crippen LogP contribution in [0.25, 0.3) is 17.1 Å². The van der Waals surface area contributed by atoms with E-state index in [1.54, 1.807) is 10.8 Å². The average molecular weight is 450 g/mol. The van der Waals surface area contributed by atoms with Crippen molar-refractivity contribution < 1.29 is 0 Å². The third-order valence-corrected chi connectivity index (χ3v) is 5.91. The first-order chi connectivity index (χ1) is 15.1. The molecule has 1 heterocycles. The number of aromatic nitrogens is 2. The maximum Gasteiger partial charge on any atom is 0.265 e. The van der Waals surface area contributed by atoms with Crippen LogP contribution in [-0.2, 0) is 6.42 Å². The SMILES string of the molecule is C/C=C/C(C)(/C=C\n1c(C)nc2ccc(CC)cc2c1=O)NC1=CC(C)(C)C=CC=C1Cl. The lowest BCUT2D eigenvalue weighted by Crippen LogP contribution is -2.38. The van der Waals surface area contributed by atoms with Gasteiger partial charge in [0.1, 0.15) is 5.82 Å². The number of allylic oxidation sites excluding steroid dienone is 6. The van der Waals surface area contributed by atoms with Crippen LogP contribution in [0.1, 0.15) is 46.0 Å². The van der Waals surface area contributed by atoms with E-state index in [-0.39, 0.29) is 11.0 Å². The van der Waals surface area contributed by atoms with Gasteiger partial charge in [-0.3, -0.25) is 9.36 Å². The Balaban J connectivity index is 2.04. The summed E-state index contributed by atoms with van der Waals surface area (Å²) in [6.45, 7) is 12.2. The quantitative estimate of drug-likeness (QED) is 0.529. The molecule has 1 aromatic carbocycles. The Morgan fingerprint density at radius 2 is 2.03 bits per heavy atom. The number of nitrogens with zero attached hydrogens (tertiary/aromatic N) is 2. The predicted octanol–water partition coefficient (Wildman–Crippen LogP) is 6.27. The van der Waals surface area contributed by atoms with Gasteiger partial charge in [-0.25, -0.2) is 4.98 Å². The molecule has 32 heavy (non-hydrogen) atoms. The Morgan fingerprint density at radius 3 is 2.72 bits per heavy atom. The molecule has 0 aliphatic heterocycles. The number of fused-ring (bicyclic) bond motifs is 1. The van der Waals surface area contributed by atoms with E-state index in [1.165, 1.54) is 0 Å². The molecular weight excluding hydrogens is 418 g/mol. The van der Waals surface area contributed by atoms with Gasteiger partial charge in [0.2, 0.25) is 0 Å². The molecule has 1 atom stereocenters. The zero-order valence-corrected chi connectivity index (χ0v) is 20.5. The molecule has 1 aliphatic rings. The lowest BCUT2D eigenvalue weighted by molar-refractivity contribution is 0.572. The molecule has 4 nitrogen and oxygen atoms in total. The second kappa shape index (κ2) is 9.33. The molecule has 0 spiro atoms. The zero-order chi connectivity index (χ0) is 23.5. The first-order valence-electron chi connectivity index (χ1n) is 11.0. The molecule has 1 N–H and O–H groups in total. The minimum atomic E-state index is -0.568. The summed E-state index contributed by atoms with van der Waals surface area (Å²) in [5, 5.41) is 4.83. The second-order valence-electron chi connectivity index (χ2n) is 9.02. The standard InChI is InChI=1S/C27H32ClN3O/c1-7-13-27(6,30-24-18-26(4,5)14-9-10-22(24)28)15-16-31-19(3)29-23-12-11-20(8-2)17-21(23)25(31)32/h7,9-18,30H,8H2,1-6H3/b13-7+,16-15-. The van der Waals surface area contributed by atoms with Crippen LogP contribution in [0.15, 0.2) is 76.3 Å². The molecule has 1 unspecified atom stereocenters. The van der Waals surface area contributed by atoms with Gasteiger partial charge in [-0.1, -0.05) is 68.8 Å². The number of hydrogen-bond donors (Lipinski definition) is 1. The predicted molar refractivity (Wildman–Crippen MR) is 137 cm³/mol. The molecule has 1 aromatic heterocycles. The fourth-order valence-corrected chi connectivity index (χ4v) is 3.99. The molecule has 0 saturated carbocycles. The summed E-state index contributed by atoms with van der Waals surface area (Å²) < 4.78 is 1.61. The monoisotopic (exact) mass is 449 g/mol. The van der Waals surface area contributed by atoms with Crippen molar-refractivity contribution in [1.29, 1.82) is 0 Å². The van der Waals surface area contributed by atoms with Gasteiger partial charge in [0, 0.05) is 11.6 Å². The van der Waals surface area contributed by atoms with E-state index in [4.69, 9.17) is 11.6 Å². The molecule has 0 saturated heterocycles. The van der Waals surface area contributed by atoms with Crippen LogP contribution in [-0.4, -0.2) is 15.1 Å². The summed E-state index contributed by atoms with van der Waals surface area (Å²) in [6.07, 6.45) is 16.8. The van der Waals surface area contributed by atoms with Gasteiger partial charge in [-0.2, -0.15) is 0 Å². The molecule has 0 amide bonds. The summed E-state index contributed by atoms with van der Waals surface area (Å²) >= 11 is 6.55. The normalized spacial score (nSPS) is 18.0. The van der Waals surface area contributed by atoms with Crippen LogP contribution in [0.3, 0.4) is 0 Å². The van der Waals surface area contributed by atoms with Crippen molar-refractivity contribution in [2.75, 3.05) is 0 Å². The molecule has 0 fully saturated rings. The number of nitrogens with one attached hydrogen (secondary N) is 1. The molecule has 0 bridgehead atoms. The van der Waals surface area contributed by atoms with Crippen molar-refractivity contribution in [3.05, 3.63) is 93.2 Å². The highest BCUT2D eigenvalue weighted by molar-refractivity contribution is 6.32. The summed E-state index contributed by atoms with van der Waals surface area (Å²) in [7, 11) is 0. The van der Waals surface area contributed by atoms with Crippen molar-refractivity contribution >= 4 is 28.7 Å². The van der Waals surface area contributed by atoms with Gasteiger partial charge in [-0.05, 0) is 57.0 Å². The lowest BCUT2D eigenvalue weighted by atomic mass is 9.92. The Hall–Kier alpha value is -2.85. The number of aryl methyl sites for hydroxylation is 2. The summed E-state index contributed by atoms with van der Waals surface area (Å²) in [5.74, 6) is 0.641. The van der Waals surface area contributed by atoms with E-state index in [0.717, 1.165) is 23.2 Å². The number of halogens is 1. The fourth-order valence-electron chi connectivity index (χ4n) is 3.81. The van der Waals surface area contributed by atoms with E-state index >= 15 is 0 Å². The maximum atomic E-state index is 13.2. The summed E-state index contributed by atoms with van der Waals surface area (Å²) in [4.78, 5) is 17.9. The number of rotatable bonds is 6. The minimum Gasteiger partial charge on any atom is -0.372 e. The fraction of sp³-hybridized carbons (Fsp3) is 0.333. The third kappa shape index (κ3) is 5.31. The highest BCUT2D eigenvalue weighted by Gasteiger charge is 2.23. The van der Waals surface area contributed by atoms with Crippen LogP contribution in [0, 0.1) is 12.3 Å². The summed E-state index contributed by atoms with van der Waals surface area (Å²) in [6, 6.07) is 5.88. The first-order valence-corrected chi connectivity index (χ1v) is 11.4. The first kappa shape index (κ1) is 23.8. The van der Waals surface area contributed by atoms with Crippen molar-refractivity contribution in [2.45, 2.75) is 53.5 Å². The third-order valence-electron chi connectivity index (χ3n) is 5.58. The van der Waals surface area contributed by atoms with E-state index in [0.29, 0.717) is 16.2 Å². The van der Waals surface area contributed by atoms with E-state index in [2.05, 4.69) is 43.2 Å². The smallest absolute Gasteiger partial charge is 0.265 e. The van der Waals surface area contributed by atoms with Crippen molar-refractivity contribution in [1.82, 2.24) is 14.9 Å². The second-order valence-corrected chi connectivity index (χ2v) is 9.42. The number of hydrogen-bond acceptors (Lipinski definition) is 3. The van der Waals surface area contributed by atoms with Gasteiger partial charge < -0.3 is 5.32 Å². The Bertz CT molecular complexity index is 1230. The topological polar surface area (TPSA) is 46.9 Å². The van der Waals surface area contributed by atoms with Crippen LogP contribution in [0.5, 0.6) is 0 Å². The summed E-state index contributed by atoms with van der Waals surface area (Å²) in [5.41, 5.74) is 1.91. The van der Waals surface area contributed by atoms with Crippen molar-refractivity contribution in [3.63, 3.8) is 0 Å². The average Bonchev–Trinajstić information content (AvgIpc) is 2.84. The highest BCUT2D eigenvalue weighted by atomic mass is 35.5. The van der Waals surface area contributed by atoms with E-state index in [9.17, 15) is 4.79 Å². The molecule has 1 aliphatic carbocycles. The van der Waals surface area contributed by atoms with E-state index < -0.39 is 5.54 Å². The van der Waals surface area contributed by atoms with Crippen molar-refractivity contribution in [2.24, 2.45) is 5.41 Å². The van der Waals surface area contributed by atoms with Gasteiger partial charge in [0.25, 0.3) is 5.56 Å². The lowest BCUT2D eigenvalue weighted by Gasteiger charge is -2.28. The van der Waals surface area contributed by atoms with Gasteiger partial charge in [0.15, 0.2) is 0 Å². The molecular formula is C27H32ClN3O. The zero-order valence-electron chi connectivity index (χ0n) is 19.7. The molecule has 168 valence electrons. The van der Waals surface area contributed by atoms with Gasteiger partial charge in [0.05, 0.1) is 27.2 Å². The molecule has 0 radical (unpaired) electrons. The van der Waals surface area contributed by atoms with Gasteiger partial charge >= 0.3 is 0 Å². The van der Waals surface area contributed by atoms with Crippen LogP contribution in [0.4, 0.5) is 0 Å². The van der Waals surface area contributed by atoms with E-state index in [1.807, 2.05) is 69.4 Å². The molecule has 2 aromatic rings. The Labute approximate surface area is 195 Å².